The number of halogens is 2. The van der Waals surface area contributed by atoms with Crippen LogP contribution in [0.5, 0.6) is 0 Å². The summed E-state index contributed by atoms with van der Waals surface area (Å²) in [6, 6.07) is -1.11. The van der Waals surface area contributed by atoms with E-state index < -0.39 is 30.4 Å². The molecule has 0 aromatic rings. The third-order valence-corrected chi connectivity index (χ3v) is 2.22. The maximum absolute atomic E-state index is 12.1. The number of carbonyl (C=O) groups is 2. The van der Waals surface area contributed by atoms with Gasteiger partial charge in [-0.2, -0.15) is 8.78 Å². The third-order valence-electron chi connectivity index (χ3n) is 2.22. The van der Waals surface area contributed by atoms with Crippen molar-refractivity contribution in [3.8, 4) is 0 Å². The van der Waals surface area contributed by atoms with Crippen molar-refractivity contribution in [1.29, 1.82) is 0 Å². The topological polar surface area (TPSA) is 66.8 Å². The lowest BCUT2D eigenvalue weighted by molar-refractivity contribution is -0.155. The Hall–Kier alpha value is -1.24. The minimum Gasteiger partial charge on any atom is -0.467 e. The highest BCUT2D eigenvalue weighted by Crippen LogP contribution is 2.20. The van der Waals surface area contributed by atoms with E-state index in [9.17, 15) is 23.5 Å². The summed E-state index contributed by atoms with van der Waals surface area (Å²) in [6.07, 6.45) is -4.20. The monoisotopic (exact) mass is 223 g/mol. The number of alkyl halides is 2. The van der Waals surface area contributed by atoms with Gasteiger partial charge in [0.05, 0.1) is 13.2 Å². The fraction of sp³-hybridized carbons (Fsp3) is 0.750. The maximum Gasteiger partial charge on any atom is 0.328 e. The van der Waals surface area contributed by atoms with Crippen molar-refractivity contribution in [2.24, 2.45) is 0 Å². The molecule has 1 aliphatic heterocycles. The zero-order valence-corrected chi connectivity index (χ0v) is 8.02. The molecular weight excluding hydrogens is 212 g/mol. The number of rotatable bonds is 2. The molecular formula is C8H11F2NO4. The third kappa shape index (κ3) is 2.41. The van der Waals surface area contributed by atoms with Crippen LogP contribution >= 0.6 is 0 Å². The number of β-amino-alcohol motifs (C(OH)–C–C–N with tert-alkyl or cyclic N) is 1. The summed E-state index contributed by atoms with van der Waals surface area (Å²) in [7, 11) is 1.10. The predicted octanol–water partition coefficient (Wildman–Crippen LogP) is -0.614. The fourth-order valence-electron chi connectivity index (χ4n) is 1.54. The first-order chi connectivity index (χ1) is 6.97. The van der Waals surface area contributed by atoms with Crippen LogP contribution in [0.1, 0.15) is 6.42 Å². The highest BCUT2D eigenvalue weighted by Gasteiger charge is 2.42. The van der Waals surface area contributed by atoms with Gasteiger partial charge in [-0.1, -0.05) is 0 Å². The molecule has 1 N–H and O–H groups in total. The molecule has 15 heavy (non-hydrogen) atoms. The maximum atomic E-state index is 12.1. The van der Waals surface area contributed by atoms with Gasteiger partial charge in [-0.3, -0.25) is 4.79 Å². The molecule has 1 aliphatic rings. The smallest absolute Gasteiger partial charge is 0.328 e. The van der Waals surface area contributed by atoms with Gasteiger partial charge >= 0.3 is 12.4 Å². The number of hydrogen-bond donors (Lipinski definition) is 1. The van der Waals surface area contributed by atoms with Crippen LogP contribution in [0.3, 0.4) is 0 Å². The molecule has 2 unspecified atom stereocenters. The van der Waals surface area contributed by atoms with E-state index in [0.717, 1.165) is 7.11 Å². The lowest BCUT2D eigenvalue weighted by Gasteiger charge is -2.21. The minimum atomic E-state index is -3.18. The van der Waals surface area contributed by atoms with E-state index in [1.165, 1.54) is 0 Å². The predicted molar refractivity (Wildman–Crippen MR) is 44.1 cm³/mol. The highest BCUT2D eigenvalue weighted by molar-refractivity contribution is 5.86. The van der Waals surface area contributed by atoms with Crippen molar-refractivity contribution in [2.45, 2.75) is 25.0 Å². The Morgan fingerprint density at radius 3 is 2.60 bits per heavy atom. The van der Waals surface area contributed by atoms with Gasteiger partial charge < -0.3 is 14.7 Å². The molecule has 5 nitrogen and oxygen atoms in total. The summed E-state index contributed by atoms with van der Waals surface area (Å²) in [5, 5.41) is 9.20. The van der Waals surface area contributed by atoms with Gasteiger partial charge in [-0.05, 0) is 0 Å². The second-order valence-electron chi connectivity index (χ2n) is 3.22. The normalized spacial score (nSPS) is 25.8. The molecule has 0 aliphatic carbocycles. The van der Waals surface area contributed by atoms with Crippen LogP contribution in [0, 0.1) is 0 Å². The van der Waals surface area contributed by atoms with E-state index in [0.29, 0.717) is 4.90 Å². The lowest BCUT2D eigenvalue weighted by Crippen LogP contribution is -2.44. The van der Waals surface area contributed by atoms with E-state index in [2.05, 4.69) is 4.74 Å². The summed E-state index contributed by atoms with van der Waals surface area (Å²) >= 11 is 0. The Labute approximate surface area is 84.6 Å². The molecule has 1 saturated heterocycles. The first-order valence-corrected chi connectivity index (χ1v) is 4.32. The SMILES string of the molecule is COC(=O)C1CC(O)CN1C(=O)C(F)F. The van der Waals surface area contributed by atoms with Crippen LogP contribution in [0.15, 0.2) is 0 Å². The second kappa shape index (κ2) is 4.52. The molecule has 1 amide bonds. The second-order valence-corrected chi connectivity index (χ2v) is 3.22. The Balaban J connectivity index is 2.77. The number of amides is 1. The van der Waals surface area contributed by atoms with E-state index in [-0.39, 0.29) is 13.0 Å². The van der Waals surface area contributed by atoms with Crippen molar-refractivity contribution in [2.75, 3.05) is 13.7 Å². The van der Waals surface area contributed by atoms with Gasteiger partial charge in [0, 0.05) is 13.0 Å². The van der Waals surface area contributed by atoms with Crippen LogP contribution < -0.4 is 0 Å². The number of aliphatic hydroxyl groups is 1. The number of likely N-dealkylation sites (tertiary alicyclic amines) is 1. The number of nitrogens with zero attached hydrogens (tertiary/aromatic N) is 1. The van der Waals surface area contributed by atoms with Crippen LogP contribution in [-0.2, 0) is 14.3 Å². The van der Waals surface area contributed by atoms with E-state index in [4.69, 9.17) is 0 Å². The molecule has 0 bridgehead atoms. The minimum absolute atomic E-state index is 0.0644. The van der Waals surface area contributed by atoms with Gasteiger partial charge in [0.15, 0.2) is 0 Å². The molecule has 0 saturated carbocycles. The standard InChI is InChI=1S/C8H11F2NO4/c1-15-8(14)5-2-4(12)3-11(5)7(13)6(9)10/h4-6,12H,2-3H2,1H3. The van der Waals surface area contributed by atoms with Crippen LogP contribution in [0.2, 0.25) is 0 Å². The highest BCUT2D eigenvalue weighted by atomic mass is 19.3. The average Bonchev–Trinajstić information content (AvgIpc) is 2.57. The Morgan fingerprint density at radius 2 is 2.13 bits per heavy atom. The molecule has 0 aromatic heterocycles. The van der Waals surface area contributed by atoms with Crippen LogP contribution in [0.25, 0.3) is 0 Å². The molecule has 86 valence electrons. The zero-order valence-electron chi connectivity index (χ0n) is 8.02. The van der Waals surface area contributed by atoms with E-state index in [1.54, 1.807) is 0 Å². The summed E-state index contributed by atoms with van der Waals surface area (Å²) < 4.78 is 28.6. The molecule has 0 radical (unpaired) electrons. The molecule has 2 atom stereocenters. The van der Waals surface area contributed by atoms with Crippen molar-refractivity contribution in [3.63, 3.8) is 0 Å². The Kier molecular flexibility index (Phi) is 3.57. The number of esters is 1. The largest absolute Gasteiger partial charge is 0.467 e. The van der Waals surface area contributed by atoms with Crippen LogP contribution in [0.4, 0.5) is 8.78 Å². The lowest BCUT2D eigenvalue weighted by atomic mass is 10.2. The molecule has 1 fully saturated rings. The van der Waals surface area contributed by atoms with Gasteiger partial charge in [-0.25, -0.2) is 4.79 Å². The van der Waals surface area contributed by atoms with Gasteiger partial charge in [0.2, 0.25) is 0 Å². The number of aliphatic hydroxyl groups excluding tert-OH is 1. The van der Waals surface area contributed by atoms with E-state index >= 15 is 0 Å². The molecule has 7 heteroatoms. The Bertz CT molecular complexity index is 271. The molecule has 1 rings (SSSR count). The van der Waals surface area contributed by atoms with Gasteiger partial charge in [-0.15, -0.1) is 0 Å². The quantitative estimate of drug-likeness (QED) is 0.634. The average molecular weight is 223 g/mol. The van der Waals surface area contributed by atoms with Crippen molar-refractivity contribution >= 4 is 11.9 Å². The van der Waals surface area contributed by atoms with Crippen LogP contribution in [-0.4, -0.2) is 54.1 Å². The zero-order chi connectivity index (χ0) is 11.6. The summed E-state index contributed by atoms with van der Waals surface area (Å²) in [5.41, 5.74) is 0. The van der Waals surface area contributed by atoms with Crippen molar-refractivity contribution in [3.05, 3.63) is 0 Å². The van der Waals surface area contributed by atoms with Gasteiger partial charge in [0.25, 0.3) is 5.91 Å². The number of methoxy groups -OCH3 is 1. The first kappa shape index (κ1) is 11.8. The number of ether oxygens (including phenoxy) is 1. The van der Waals surface area contributed by atoms with Crippen molar-refractivity contribution < 1.29 is 28.2 Å². The van der Waals surface area contributed by atoms with Gasteiger partial charge in [0.1, 0.15) is 6.04 Å². The summed E-state index contributed by atoms with van der Waals surface area (Å²) in [5.74, 6) is -2.25. The fourth-order valence-corrected chi connectivity index (χ4v) is 1.54. The molecule has 0 aromatic carbocycles. The summed E-state index contributed by atoms with van der Waals surface area (Å²) in [4.78, 5) is 22.8. The molecule has 1 heterocycles. The Morgan fingerprint density at radius 1 is 1.53 bits per heavy atom. The summed E-state index contributed by atoms with van der Waals surface area (Å²) in [6.45, 7) is -0.261. The van der Waals surface area contributed by atoms with E-state index in [1.807, 2.05) is 0 Å². The van der Waals surface area contributed by atoms with Crippen molar-refractivity contribution in [1.82, 2.24) is 4.90 Å². The first-order valence-electron chi connectivity index (χ1n) is 4.32. The molecule has 0 spiro atoms. The number of hydrogen-bond acceptors (Lipinski definition) is 4. The number of carbonyl (C=O) groups excluding carboxylic acids is 2.